The summed E-state index contributed by atoms with van der Waals surface area (Å²) >= 11 is 2.05. The molecule has 1 heterocycles. The van der Waals surface area contributed by atoms with Crippen LogP contribution in [0.25, 0.3) is 0 Å². The van der Waals surface area contributed by atoms with Crippen molar-refractivity contribution in [2.75, 3.05) is 24.7 Å². The van der Waals surface area contributed by atoms with Crippen molar-refractivity contribution >= 4 is 11.8 Å². The quantitative estimate of drug-likeness (QED) is 0.737. The third-order valence-corrected chi connectivity index (χ3v) is 4.32. The van der Waals surface area contributed by atoms with Gasteiger partial charge >= 0.3 is 0 Å². The van der Waals surface area contributed by atoms with Gasteiger partial charge in [0.15, 0.2) is 0 Å². The Morgan fingerprint density at radius 1 is 1.43 bits per heavy atom. The van der Waals surface area contributed by atoms with Gasteiger partial charge < -0.3 is 10.4 Å². The maximum Gasteiger partial charge on any atom is 0.0496 e. The normalized spacial score (nSPS) is 23.4. The zero-order valence-corrected chi connectivity index (χ0v) is 10.2. The molecular formula is C11H23NOS. The molecule has 0 aromatic heterocycles. The molecule has 3 heteroatoms. The Morgan fingerprint density at radius 3 is 2.57 bits per heavy atom. The molecule has 1 atom stereocenters. The third kappa shape index (κ3) is 3.79. The minimum absolute atomic E-state index is 0.0740. The molecule has 0 spiro atoms. The lowest BCUT2D eigenvalue weighted by molar-refractivity contribution is 0.131. The van der Waals surface area contributed by atoms with Crippen LogP contribution in [0, 0.1) is 5.41 Å². The lowest BCUT2D eigenvalue weighted by atomic mass is 9.88. The summed E-state index contributed by atoms with van der Waals surface area (Å²) < 4.78 is 0. The molecule has 0 saturated carbocycles. The van der Waals surface area contributed by atoms with Gasteiger partial charge in [-0.15, -0.1) is 0 Å². The van der Waals surface area contributed by atoms with Crippen LogP contribution in [0.15, 0.2) is 0 Å². The Labute approximate surface area is 91.9 Å². The van der Waals surface area contributed by atoms with Crippen LogP contribution in [0.5, 0.6) is 0 Å². The van der Waals surface area contributed by atoms with Gasteiger partial charge in [-0.05, 0) is 30.8 Å². The zero-order chi connectivity index (χ0) is 10.4. The smallest absolute Gasteiger partial charge is 0.0496 e. The molecule has 84 valence electrons. The number of thioether (sulfide) groups is 1. The van der Waals surface area contributed by atoms with E-state index in [9.17, 15) is 5.11 Å². The van der Waals surface area contributed by atoms with E-state index >= 15 is 0 Å². The molecule has 0 aliphatic carbocycles. The number of rotatable bonds is 5. The fourth-order valence-electron chi connectivity index (χ4n) is 1.59. The van der Waals surface area contributed by atoms with E-state index in [0.29, 0.717) is 6.04 Å². The maximum absolute atomic E-state index is 9.27. The van der Waals surface area contributed by atoms with Crippen LogP contribution in [0.2, 0.25) is 0 Å². The second kappa shape index (κ2) is 5.99. The van der Waals surface area contributed by atoms with Crippen molar-refractivity contribution in [1.29, 1.82) is 0 Å². The van der Waals surface area contributed by atoms with Gasteiger partial charge in [-0.25, -0.2) is 0 Å². The minimum atomic E-state index is 0.0740. The Morgan fingerprint density at radius 2 is 2.07 bits per heavy atom. The van der Waals surface area contributed by atoms with E-state index in [1.54, 1.807) is 0 Å². The summed E-state index contributed by atoms with van der Waals surface area (Å²) in [4.78, 5) is 0. The van der Waals surface area contributed by atoms with Crippen LogP contribution in [0.4, 0.5) is 0 Å². The molecule has 0 radical (unpaired) electrons. The molecule has 1 saturated heterocycles. The molecule has 0 bridgehead atoms. The van der Waals surface area contributed by atoms with E-state index in [4.69, 9.17) is 0 Å². The molecule has 2 nitrogen and oxygen atoms in total. The Hall–Kier alpha value is 0.270. The molecule has 0 aromatic rings. The van der Waals surface area contributed by atoms with Gasteiger partial charge in [-0.1, -0.05) is 13.8 Å². The zero-order valence-electron chi connectivity index (χ0n) is 9.38. The van der Waals surface area contributed by atoms with E-state index in [0.717, 1.165) is 13.0 Å². The summed E-state index contributed by atoms with van der Waals surface area (Å²) in [5.41, 5.74) is 0.0740. The second-order valence-corrected chi connectivity index (χ2v) is 5.81. The molecule has 0 aromatic carbocycles. The highest BCUT2D eigenvalue weighted by atomic mass is 32.2. The van der Waals surface area contributed by atoms with Gasteiger partial charge in [0.25, 0.3) is 0 Å². The molecule has 1 aliphatic rings. The summed E-state index contributed by atoms with van der Waals surface area (Å²) in [6, 6.07) is 0.689. The van der Waals surface area contributed by atoms with Gasteiger partial charge in [-0.3, -0.25) is 0 Å². The van der Waals surface area contributed by atoms with E-state index < -0.39 is 0 Å². The van der Waals surface area contributed by atoms with Crippen LogP contribution in [0.1, 0.15) is 33.1 Å². The monoisotopic (exact) mass is 217 g/mol. The molecule has 2 N–H and O–H groups in total. The summed E-state index contributed by atoms with van der Waals surface area (Å²) in [6.45, 7) is 5.54. The molecule has 1 fully saturated rings. The highest BCUT2D eigenvalue weighted by Gasteiger charge is 2.22. The van der Waals surface area contributed by atoms with Gasteiger partial charge in [0.05, 0.1) is 0 Å². The predicted molar refractivity (Wildman–Crippen MR) is 63.8 cm³/mol. The predicted octanol–water partition coefficient (Wildman–Crippen LogP) is 1.88. The summed E-state index contributed by atoms with van der Waals surface area (Å²) in [5.74, 6) is 2.58. The van der Waals surface area contributed by atoms with Crippen LogP contribution in [-0.2, 0) is 0 Å². The van der Waals surface area contributed by atoms with Gasteiger partial charge in [0, 0.05) is 24.6 Å². The first-order valence-electron chi connectivity index (χ1n) is 5.62. The molecule has 14 heavy (non-hydrogen) atoms. The fourth-order valence-corrected chi connectivity index (χ4v) is 2.69. The highest BCUT2D eigenvalue weighted by molar-refractivity contribution is 7.99. The van der Waals surface area contributed by atoms with Crippen molar-refractivity contribution in [3.05, 3.63) is 0 Å². The van der Waals surface area contributed by atoms with E-state index in [-0.39, 0.29) is 12.0 Å². The molecule has 1 unspecified atom stereocenters. The highest BCUT2D eigenvalue weighted by Crippen LogP contribution is 2.21. The van der Waals surface area contributed by atoms with Crippen LogP contribution in [-0.4, -0.2) is 35.8 Å². The van der Waals surface area contributed by atoms with E-state index in [2.05, 4.69) is 30.9 Å². The van der Waals surface area contributed by atoms with E-state index in [1.807, 2.05) is 0 Å². The van der Waals surface area contributed by atoms with Crippen molar-refractivity contribution in [2.45, 2.75) is 39.2 Å². The SMILES string of the molecule is CCC(C)(CO)CNC1CCSCC1. The lowest BCUT2D eigenvalue weighted by Crippen LogP contribution is -2.41. The van der Waals surface area contributed by atoms with Crippen molar-refractivity contribution in [3.8, 4) is 0 Å². The van der Waals surface area contributed by atoms with Crippen molar-refractivity contribution < 1.29 is 5.11 Å². The topological polar surface area (TPSA) is 32.3 Å². The largest absolute Gasteiger partial charge is 0.396 e. The van der Waals surface area contributed by atoms with Gasteiger partial charge in [0.1, 0.15) is 0 Å². The van der Waals surface area contributed by atoms with Crippen molar-refractivity contribution in [3.63, 3.8) is 0 Å². The first-order valence-corrected chi connectivity index (χ1v) is 6.77. The number of aliphatic hydroxyl groups is 1. The Kier molecular flexibility index (Phi) is 5.28. The number of hydrogen-bond acceptors (Lipinski definition) is 3. The summed E-state index contributed by atoms with van der Waals surface area (Å²) in [6.07, 6.45) is 3.61. The third-order valence-electron chi connectivity index (χ3n) is 3.27. The summed E-state index contributed by atoms with van der Waals surface area (Å²) in [5, 5.41) is 12.9. The number of nitrogens with one attached hydrogen (secondary N) is 1. The van der Waals surface area contributed by atoms with Gasteiger partial charge in [-0.2, -0.15) is 11.8 Å². The van der Waals surface area contributed by atoms with Crippen molar-refractivity contribution in [1.82, 2.24) is 5.32 Å². The van der Waals surface area contributed by atoms with Crippen molar-refractivity contribution in [2.24, 2.45) is 5.41 Å². The van der Waals surface area contributed by atoms with Gasteiger partial charge in [0.2, 0.25) is 0 Å². The average molecular weight is 217 g/mol. The standard InChI is InChI=1S/C11H23NOS/c1-3-11(2,9-13)8-12-10-4-6-14-7-5-10/h10,12-13H,3-9H2,1-2H3. The Balaban J connectivity index is 2.23. The second-order valence-electron chi connectivity index (χ2n) is 4.59. The van der Waals surface area contributed by atoms with E-state index in [1.165, 1.54) is 24.3 Å². The average Bonchev–Trinajstić information content (AvgIpc) is 2.27. The summed E-state index contributed by atoms with van der Waals surface area (Å²) in [7, 11) is 0. The molecular weight excluding hydrogens is 194 g/mol. The molecule has 0 amide bonds. The number of hydrogen-bond donors (Lipinski definition) is 2. The van der Waals surface area contributed by atoms with Crippen LogP contribution >= 0.6 is 11.8 Å². The molecule has 1 rings (SSSR count). The number of aliphatic hydroxyl groups excluding tert-OH is 1. The first-order chi connectivity index (χ1) is 6.70. The lowest BCUT2D eigenvalue weighted by Gasteiger charge is -2.30. The maximum atomic E-state index is 9.27. The fraction of sp³-hybridized carbons (Fsp3) is 1.00. The minimum Gasteiger partial charge on any atom is -0.396 e. The van der Waals surface area contributed by atoms with Crippen LogP contribution < -0.4 is 5.32 Å². The Bertz CT molecular complexity index is 153. The first kappa shape index (κ1) is 12.3. The molecule has 1 aliphatic heterocycles. The van der Waals surface area contributed by atoms with Crippen LogP contribution in [0.3, 0.4) is 0 Å².